The molecule has 21 heavy (non-hydrogen) atoms. The van der Waals surface area contributed by atoms with E-state index in [2.05, 4.69) is 57.3 Å². The molecule has 0 saturated carbocycles. The first-order chi connectivity index (χ1) is 9.80. The molecule has 1 rings (SSSR count). The molecule has 0 fully saturated rings. The van der Waals surface area contributed by atoms with E-state index in [4.69, 9.17) is 5.11 Å². The van der Waals surface area contributed by atoms with Crippen LogP contribution in [0.4, 0.5) is 0 Å². The van der Waals surface area contributed by atoms with Crippen molar-refractivity contribution < 1.29 is 9.90 Å². The molecule has 0 aliphatic carbocycles. The highest BCUT2D eigenvalue weighted by Gasteiger charge is 2.18. The Morgan fingerprint density at radius 2 is 1.81 bits per heavy atom. The molecule has 0 atom stereocenters. The Bertz CT molecular complexity index is 435. The number of nitrogens with one attached hydrogen (secondary N) is 1. The number of carboxylic acids is 1. The summed E-state index contributed by atoms with van der Waals surface area (Å²) in [5, 5.41) is 12.2. The Labute approximate surface area is 128 Å². The topological polar surface area (TPSA) is 49.3 Å². The van der Waals surface area contributed by atoms with Crippen LogP contribution >= 0.6 is 0 Å². The summed E-state index contributed by atoms with van der Waals surface area (Å²) in [4.78, 5) is 10.6. The van der Waals surface area contributed by atoms with Gasteiger partial charge in [0.2, 0.25) is 0 Å². The summed E-state index contributed by atoms with van der Waals surface area (Å²) in [6, 6.07) is 8.74. The van der Waals surface area contributed by atoms with Gasteiger partial charge in [-0.05, 0) is 41.8 Å². The smallest absolute Gasteiger partial charge is 0.303 e. The van der Waals surface area contributed by atoms with Gasteiger partial charge < -0.3 is 10.4 Å². The van der Waals surface area contributed by atoms with Crippen LogP contribution in [0, 0.1) is 5.41 Å². The molecular weight excluding hydrogens is 262 g/mol. The lowest BCUT2D eigenvalue weighted by atomic mass is 9.84. The van der Waals surface area contributed by atoms with Crippen LogP contribution in [0.15, 0.2) is 24.3 Å². The minimum absolute atomic E-state index is 0.0763. The van der Waals surface area contributed by atoms with Crippen LogP contribution in [0.3, 0.4) is 0 Å². The fraction of sp³-hybridized carbons (Fsp3) is 0.611. The Morgan fingerprint density at radius 1 is 1.19 bits per heavy atom. The molecule has 0 saturated heterocycles. The summed E-state index contributed by atoms with van der Waals surface area (Å²) in [5.74, 6) is -0.136. The van der Waals surface area contributed by atoms with E-state index in [9.17, 15) is 4.79 Å². The highest BCUT2D eigenvalue weighted by molar-refractivity contribution is 5.66. The zero-order valence-electron chi connectivity index (χ0n) is 13.8. The van der Waals surface area contributed by atoms with Crippen molar-refractivity contribution >= 4 is 5.97 Å². The first kappa shape index (κ1) is 17.7. The van der Waals surface area contributed by atoms with Crippen LogP contribution in [0.25, 0.3) is 0 Å². The SMILES string of the molecule is CC(C)c1ccc(CNCCC(C)(C)CCC(=O)O)cc1. The third-order valence-electron chi connectivity index (χ3n) is 3.97. The lowest BCUT2D eigenvalue weighted by Gasteiger charge is -2.23. The Hall–Kier alpha value is -1.35. The molecule has 1 aromatic rings. The molecule has 0 aliphatic heterocycles. The van der Waals surface area contributed by atoms with Gasteiger partial charge in [-0.1, -0.05) is 52.0 Å². The molecule has 0 radical (unpaired) electrons. The van der Waals surface area contributed by atoms with Gasteiger partial charge in [-0.3, -0.25) is 4.79 Å². The minimum Gasteiger partial charge on any atom is -0.481 e. The average molecular weight is 291 g/mol. The standard InChI is InChI=1S/C18H29NO2/c1-14(2)16-7-5-15(6-8-16)13-19-12-11-18(3,4)10-9-17(20)21/h5-8,14,19H,9-13H2,1-4H3,(H,20,21). The Kier molecular flexibility index (Phi) is 6.90. The molecule has 0 spiro atoms. The van der Waals surface area contributed by atoms with Crippen molar-refractivity contribution in [3.05, 3.63) is 35.4 Å². The number of rotatable bonds is 9. The third-order valence-corrected chi connectivity index (χ3v) is 3.97. The predicted octanol–water partition coefficient (Wildman–Crippen LogP) is 4.18. The predicted molar refractivity (Wildman–Crippen MR) is 87.5 cm³/mol. The minimum atomic E-state index is -0.707. The first-order valence-corrected chi connectivity index (χ1v) is 7.81. The van der Waals surface area contributed by atoms with E-state index in [-0.39, 0.29) is 11.8 Å². The quantitative estimate of drug-likeness (QED) is 0.671. The highest BCUT2D eigenvalue weighted by Crippen LogP contribution is 2.26. The Balaban J connectivity index is 2.28. The summed E-state index contributed by atoms with van der Waals surface area (Å²) in [5.41, 5.74) is 2.74. The normalized spacial score (nSPS) is 11.9. The van der Waals surface area contributed by atoms with Gasteiger partial charge in [0.05, 0.1) is 0 Å². The maximum Gasteiger partial charge on any atom is 0.303 e. The zero-order chi connectivity index (χ0) is 15.9. The summed E-state index contributed by atoms with van der Waals surface area (Å²) in [6.07, 6.45) is 1.97. The maximum atomic E-state index is 10.6. The maximum absolute atomic E-state index is 10.6. The van der Waals surface area contributed by atoms with Crippen LogP contribution in [-0.2, 0) is 11.3 Å². The van der Waals surface area contributed by atoms with E-state index >= 15 is 0 Å². The van der Waals surface area contributed by atoms with E-state index in [0.717, 1.165) is 25.9 Å². The molecule has 0 heterocycles. The molecule has 0 bridgehead atoms. The molecule has 2 N–H and O–H groups in total. The average Bonchev–Trinajstić information content (AvgIpc) is 2.42. The number of hydrogen-bond acceptors (Lipinski definition) is 2. The van der Waals surface area contributed by atoms with Gasteiger partial charge in [0.25, 0.3) is 0 Å². The van der Waals surface area contributed by atoms with Crippen LogP contribution in [0.2, 0.25) is 0 Å². The molecule has 1 aromatic carbocycles. The van der Waals surface area contributed by atoms with Crippen molar-refractivity contribution in [3.63, 3.8) is 0 Å². The molecule has 3 nitrogen and oxygen atoms in total. The Morgan fingerprint density at radius 3 is 2.33 bits per heavy atom. The van der Waals surface area contributed by atoms with Gasteiger partial charge in [-0.15, -0.1) is 0 Å². The molecule has 118 valence electrons. The van der Waals surface area contributed by atoms with Crippen LogP contribution in [-0.4, -0.2) is 17.6 Å². The van der Waals surface area contributed by atoms with Crippen molar-refractivity contribution in [1.29, 1.82) is 0 Å². The number of aliphatic carboxylic acids is 1. The second kappa shape index (κ2) is 8.18. The second-order valence-electron chi connectivity index (χ2n) is 6.88. The molecular formula is C18H29NO2. The summed E-state index contributed by atoms with van der Waals surface area (Å²) in [6.45, 7) is 10.5. The van der Waals surface area contributed by atoms with E-state index in [1.165, 1.54) is 11.1 Å². The fourth-order valence-corrected chi connectivity index (χ4v) is 2.25. The molecule has 0 aliphatic rings. The van der Waals surface area contributed by atoms with Crippen molar-refractivity contribution in [2.45, 2.75) is 59.4 Å². The van der Waals surface area contributed by atoms with Crippen LogP contribution in [0.5, 0.6) is 0 Å². The summed E-state index contributed by atoms with van der Waals surface area (Å²) in [7, 11) is 0. The zero-order valence-corrected chi connectivity index (χ0v) is 13.8. The number of hydrogen-bond donors (Lipinski definition) is 2. The van der Waals surface area contributed by atoms with E-state index < -0.39 is 5.97 Å². The van der Waals surface area contributed by atoms with Crippen molar-refractivity contribution in [3.8, 4) is 0 Å². The lowest BCUT2D eigenvalue weighted by molar-refractivity contribution is -0.137. The molecule has 0 amide bonds. The van der Waals surface area contributed by atoms with Gasteiger partial charge >= 0.3 is 5.97 Å². The summed E-state index contributed by atoms with van der Waals surface area (Å²) < 4.78 is 0. The van der Waals surface area contributed by atoms with Crippen LogP contribution in [0.1, 0.15) is 64.0 Å². The molecule has 0 aromatic heterocycles. The third kappa shape index (κ3) is 7.28. The highest BCUT2D eigenvalue weighted by atomic mass is 16.4. The van der Waals surface area contributed by atoms with Gasteiger partial charge in [-0.2, -0.15) is 0 Å². The van der Waals surface area contributed by atoms with Crippen molar-refractivity contribution in [1.82, 2.24) is 5.32 Å². The monoisotopic (exact) mass is 291 g/mol. The molecule has 3 heteroatoms. The summed E-state index contributed by atoms with van der Waals surface area (Å²) >= 11 is 0. The first-order valence-electron chi connectivity index (χ1n) is 7.81. The number of carboxylic acid groups (broad SMARTS) is 1. The van der Waals surface area contributed by atoms with E-state index in [1.54, 1.807) is 0 Å². The van der Waals surface area contributed by atoms with Gasteiger partial charge in [0.15, 0.2) is 0 Å². The van der Waals surface area contributed by atoms with Crippen molar-refractivity contribution in [2.24, 2.45) is 5.41 Å². The fourth-order valence-electron chi connectivity index (χ4n) is 2.25. The second-order valence-corrected chi connectivity index (χ2v) is 6.88. The van der Waals surface area contributed by atoms with Gasteiger partial charge in [0, 0.05) is 13.0 Å². The van der Waals surface area contributed by atoms with Gasteiger partial charge in [-0.25, -0.2) is 0 Å². The number of benzene rings is 1. The van der Waals surface area contributed by atoms with E-state index in [0.29, 0.717) is 5.92 Å². The molecule has 0 unspecified atom stereocenters. The lowest BCUT2D eigenvalue weighted by Crippen LogP contribution is -2.23. The van der Waals surface area contributed by atoms with Gasteiger partial charge in [0.1, 0.15) is 0 Å². The number of carbonyl (C=O) groups is 1. The van der Waals surface area contributed by atoms with Crippen LogP contribution < -0.4 is 5.32 Å². The largest absolute Gasteiger partial charge is 0.481 e. The van der Waals surface area contributed by atoms with E-state index in [1.807, 2.05) is 0 Å². The van der Waals surface area contributed by atoms with Crippen molar-refractivity contribution in [2.75, 3.05) is 6.54 Å².